The van der Waals surface area contributed by atoms with Crippen LogP contribution in [0.25, 0.3) is 0 Å². The monoisotopic (exact) mass is 277 g/mol. The normalized spacial score (nSPS) is 17.2. The maximum Gasteiger partial charge on any atom is 0.209 e. The lowest BCUT2D eigenvalue weighted by Gasteiger charge is -2.09. The van der Waals surface area contributed by atoms with E-state index in [4.69, 9.17) is 10.5 Å². The van der Waals surface area contributed by atoms with Gasteiger partial charge in [0.15, 0.2) is 0 Å². The van der Waals surface area contributed by atoms with Crippen molar-refractivity contribution < 1.29 is 4.74 Å². The zero-order valence-electron chi connectivity index (χ0n) is 10.4. The van der Waals surface area contributed by atoms with E-state index in [9.17, 15) is 0 Å². The average Bonchev–Trinajstić information content (AvgIpc) is 3.02. The zero-order chi connectivity index (χ0) is 13.1. The molecule has 0 spiro atoms. The SMILES string of the molecule is NCCn1nnnc1SCC1Cc2ccccc2O1. The first-order chi connectivity index (χ1) is 9.36. The number of ether oxygens (including phenoxy) is 1. The fourth-order valence-corrected chi connectivity index (χ4v) is 2.97. The molecule has 6 nitrogen and oxygen atoms in total. The summed E-state index contributed by atoms with van der Waals surface area (Å²) in [5.74, 6) is 1.83. The summed E-state index contributed by atoms with van der Waals surface area (Å²) in [7, 11) is 0. The van der Waals surface area contributed by atoms with Crippen molar-refractivity contribution in [3.05, 3.63) is 29.8 Å². The van der Waals surface area contributed by atoms with Crippen molar-refractivity contribution in [2.45, 2.75) is 24.2 Å². The van der Waals surface area contributed by atoms with E-state index in [2.05, 4.69) is 21.6 Å². The molecule has 1 aromatic carbocycles. The Bertz CT molecular complexity index is 534. The van der Waals surface area contributed by atoms with Gasteiger partial charge in [-0.2, -0.15) is 0 Å². The van der Waals surface area contributed by atoms with Gasteiger partial charge in [-0.25, -0.2) is 4.68 Å². The minimum Gasteiger partial charge on any atom is -0.489 e. The van der Waals surface area contributed by atoms with Gasteiger partial charge in [0.25, 0.3) is 0 Å². The molecule has 2 N–H and O–H groups in total. The molecule has 0 aliphatic carbocycles. The van der Waals surface area contributed by atoms with Crippen LogP contribution in [-0.2, 0) is 13.0 Å². The van der Waals surface area contributed by atoms with Crippen LogP contribution >= 0.6 is 11.8 Å². The third-order valence-corrected chi connectivity index (χ3v) is 4.04. The Hall–Kier alpha value is -1.60. The van der Waals surface area contributed by atoms with Gasteiger partial charge in [-0.3, -0.25) is 0 Å². The third kappa shape index (κ3) is 2.71. The third-order valence-electron chi connectivity index (χ3n) is 2.95. The van der Waals surface area contributed by atoms with Crippen molar-refractivity contribution in [1.82, 2.24) is 20.2 Å². The Morgan fingerprint density at radius 1 is 1.42 bits per heavy atom. The zero-order valence-corrected chi connectivity index (χ0v) is 11.2. The Balaban J connectivity index is 1.58. The predicted molar refractivity (Wildman–Crippen MR) is 72.2 cm³/mol. The molecule has 1 aromatic heterocycles. The Morgan fingerprint density at radius 3 is 3.16 bits per heavy atom. The summed E-state index contributed by atoms with van der Waals surface area (Å²) >= 11 is 1.61. The fraction of sp³-hybridized carbons (Fsp3) is 0.417. The second-order valence-electron chi connectivity index (χ2n) is 4.34. The summed E-state index contributed by atoms with van der Waals surface area (Å²) < 4.78 is 7.61. The van der Waals surface area contributed by atoms with Crippen LogP contribution in [0.2, 0.25) is 0 Å². The second-order valence-corrected chi connectivity index (χ2v) is 5.32. The molecule has 2 aromatic rings. The summed E-state index contributed by atoms with van der Waals surface area (Å²) in [6.45, 7) is 1.17. The number of aromatic nitrogens is 4. The number of thioether (sulfide) groups is 1. The second kappa shape index (κ2) is 5.58. The Kier molecular flexibility index (Phi) is 3.65. The van der Waals surface area contributed by atoms with E-state index < -0.39 is 0 Å². The van der Waals surface area contributed by atoms with Gasteiger partial charge >= 0.3 is 0 Å². The lowest BCUT2D eigenvalue weighted by molar-refractivity contribution is 0.259. The van der Waals surface area contributed by atoms with Crippen molar-refractivity contribution in [3.63, 3.8) is 0 Å². The molecule has 2 heterocycles. The summed E-state index contributed by atoms with van der Waals surface area (Å²) in [4.78, 5) is 0. The Morgan fingerprint density at radius 2 is 2.32 bits per heavy atom. The van der Waals surface area contributed by atoms with Crippen LogP contribution < -0.4 is 10.5 Å². The molecule has 0 amide bonds. The predicted octanol–water partition coefficient (Wildman–Crippen LogP) is 0.728. The standard InChI is InChI=1S/C12H15N5OS/c13-5-6-17-12(14-15-16-17)19-8-10-7-9-3-1-2-4-11(9)18-10/h1-4,10H,5-8,13H2. The van der Waals surface area contributed by atoms with E-state index in [0.717, 1.165) is 23.1 Å². The van der Waals surface area contributed by atoms with Gasteiger partial charge in [0.1, 0.15) is 11.9 Å². The number of nitrogens with zero attached hydrogens (tertiary/aromatic N) is 4. The minimum absolute atomic E-state index is 0.186. The number of hydrogen-bond acceptors (Lipinski definition) is 6. The molecule has 1 unspecified atom stereocenters. The molecule has 7 heteroatoms. The van der Waals surface area contributed by atoms with Gasteiger partial charge in [-0.15, -0.1) is 5.10 Å². The molecule has 1 aliphatic rings. The highest BCUT2D eigenvalue weighted by Gasteiger charge is 2.23. The van der Waals surface area contributed by atoms with Crippen molar-refractivity contribution in [2.75, 3.05) is 12.3 Å². The number of hydrogen-bond donors (Lipinski definition) is 1. The maximum atomic E-state index is 5.88. The van der Waals surface area contributed by atoms with Crippen LogP contribution in [0, 0.1) is 0 Å². The van der Waals surface area contributed by atoms with E-state index >= 15 is 0 Å². The lowest BCUT2D eigenvalue weighted by atomic mass is 10.1. The quantitative estimate of drug-likeness (QED) is 0.812. The van der Waals surface area contributed by atoms with Crippen molar-refractivity contribution >= 4 is 11.8 Å². The van der Waals surface area contributed by atoms with E-state index in [1.54, 1.807) is 16.4 Å². The van der Waals surface area contributed by atoms with Crippen molar-refractivity contribution in [1.29, 1.82) is 0 Å². The largest absolute Gasteiger partial charge is 0.489 e. The molecule has 3 rings (SSSR count). The van der Waals surface area contributed by atoms with E-state index in [1.165, 1.54) is 5.56 Å². The number of rotatable bonds is 5. The van der Waals surface area contributed by atoms with Gasteiger partial charge in [-0.1, -0.05) is 30.0 Å². The smallest absolute Gasteiger partial charge is 0.209 e. The van der Waals surface area contributed by atoms with Crippen molar-refractivity contribution in [2.24, 2.45) is 5.73 Å². The number of tetrazole rings is 1. The number of benzene rings is 1. The summed E-state index contributed by atoms with van der Waals surface area (Å²) in [6.07, 6.45) is 1.13. The number of fused-ring (bicyclic) bond motifs is 1. The van der Waals surface area contributed by atoms with Crippen LogP contribution in [0.15, 0.2) is 29.4 Å². The molecule has 100 valence electrons. The maximum absolute atomic E-state index is 5.88. The molecule has 1 atom stereocenters. The van der Waals surface area contributed by atoms with Crippen LogP contribution in [0.5, 0.6) is 5.75 Å². The summed E-state index contributed by atoms with van der Waals surface area (Å²) in [6, 6.07) is 8.16. The summed E-state index contributed by atoms with van der Waals surface area (Å²) in [5, 5.41) is 12.4. The molecule has 0 radical (unpaired) electrons. The van der Waals surface area contributed by atoms with Gasteiger partial charge in [0.2, 0.25) is 5.16 Å². The number of nitrogens with two attached hydrogens (primary N) is 1. The lowest BCUT2D eigenvalue weighted by Crippen LogP contribution is -2.17. The highest BCUT2D eigenvalue weighted by atomic mass is 32.2. The summed E-state index contributed by atoms with van der Waals surface area (Å²) in [5.41, 5.74) is 6.79. The minimum atomic E-state index is 0.186. The average molecular weight is 277 g/mol. The molecule has 19 heavy (non-hydrogen) atoms. The molecule has 0 bridgehead atoms. The molecule has 0 saturated heterocycles. The van der Waals surface area contributed by atoms with E-state index in [1.807, 2.05) is 18.2 Å². The first kappa shape index (κ1) is 12.4. The molecule has 1 aliphatic heterocycles. The van der Waals surface area contributed by atoms with Crippen LogP contribution in [0.4, 0.5) is 0 Å². The molecular formula is C12H15N5OS. The van der Waals surface area contributed by atoms with Gasteiger partial charge in [0.05, 0.1) is 6.54 Å². The van der Waals surface area contributed by atoms with E-state index in [-0.39, 0.29) is 6.10 Å². The van der Waals surface area contributed by atoms with Crippen LogP contribution in [0.1, 0.15) is 5.56 Å². The van der Waals surface area contributed by atoms with Crippen LogP contribution in [0.3, 0.4) is 0 Å². The van der Waals surface area contributed by atoms with Gasteiger partial charge in [-0.05, 0) is 22.1 Å². The highest BCUT2D eigenvalue weighted by molar-refractivity contribution is 7.99. The number of para-hydroxylation sites is 1. The van der Waals surface area contributed by atoms with Gasteiger partial charge in [0, 0.05) is 18.7 Å². The molecular weight excluding hydrogens is 262 g/mol. The highest BCUT2D eigenvalue weighted by Crippen LogP contribution is 2.30. The van der Waals surface area contributed by atoms with Gasteiger partial charge < -0.3 is 10.5 Å². The molecule has 0 saturated carbocycles. The van der Waals surface area contributed by atoms with Crippen molar-refractivity contribution in [3.8, 4) is 5.75 Å². The molecule has 0 fully saturated rings. The first-order valence-electron chi connectivity index (χ1n) is 6.20. The Labute approximate surface area is 115 Å². The van der Waals surface area contributed by atoms with Crippen LogP contribution in [-0.4, -0.2) is 38.6 Å². The first-order valence-corrected chi connectivity index (χ1v) is 7.19. The van der Waals surface area contributed by atoms with E-state index in [0.29, 0.717) is 13.1 Å². The topological polar surface area (TPSA) is 78.9 Å². The fourth-order valence-electron chi connectivity index (χ4n) is 2.08.